The van der Waals surface area contributed by atoms with Gasteiger partial charge < -0.3 is 20.4 Å². The van der Waals surface area contributed by atoms with Crippen molar-refractivity contribution in [1.29, 1.82) is 0 Å². The van der Waals surface area contributed by atoms with Gasteiger partial charge in [-0.1, -0.05) is 60.6 Å². The van der Waals surface area contributed by atoms with E-state index in [1.165, 1.54) is 0 Å². The van der Waals surface area contributed by atoms with Gasteiger partial charge in [-0.05, 0) is 95.9 Å². The molecule has 2 aromatic carbocycles. The van der Waals surface area contributed by atoms with Crippen molar-refractivity contribution >= 4 is 0 Å². The number of aliphatic hydroxyl groups is 2. The second kappa shape index (κ2) is 8.96. The monoisotopic (exact) mass is 456 g/mol. The standard InChI is InChI=1S/C29H44O4/c1-16-12-22(27(5,6)7)24(30)18(3)20(16)14-29(11,26(32)33)15-21-17(2)13-23(28(8,9)10)25(31)19(21)4/h12-13,26,30-33H,14-15H2,1-11H3. The first-order valence-corrected chi connectivity index (χ1v) is 11.8. The van der Waals surface area contributed by atoms with Crippen LogP contribution in [0.15, 0.2) is 12.1 Å². The van der Waals surface area contributed by atoms with Crippen LogP contribution in [0.5, 0.6) is 11.5 Å². The Bertz CT molecular complexity index is 956. The SMILES string of the molecule is Cc1cc(C(C)(C)C)c(O)c(C)c1CC(C)(Cc1c(C)cc(C(C)(C)C)c(O)c1C)C(O)O. The van der Waals surface area contributed by atoms with E-state index < -0.39 is 11.7 Å². The zero-order valence-electron chi connectivity index (χ0n) is 22.4. The third-order valence-electron chi connectivity index (χ3n) is 7.20. The van der Waals surface area contributed by atoms with E-state index >= 15 is 0 Å². The molecular formula is C29H44O4. The molecule has 0 aliphatic rings. The predicted octanol–water partition coefficient (Wildman–Crippen LogP) is 6.03. The molecule has 4 nitrogen and oxygen atoms in total. The third-order valence-corrected chi connectivity index (χ3v) is 7.20. The van der Waals surface area contributed by atoms with Crippen LogP contribution in [0.1, 0.15) is 93.0 Å². The smallest absolute Gasteiger partial charge is 0.157 e. The lowest BCUT2D eigenvalue weighted by Crippen LogP contribution is -2.37. The fourth-order valence-electron chi connectivity index (χ4n) is 4.77. The maximum Gasteiger partial charge on any atom is 0.157 e. The molecule has 2 aromatic rings. The average molecular weight is 457 g/mol. The van der Waals surface area contributed by atoms with E-state index in [-0.39, 0.29) is 22.3 Å². The number of benzene rings is 2. The molecule has 0 fully saturated rings. The first-order valence-electron chi connectivity index (χ1n) is 11.8. The maximum absolute atomic E-state index is 10.9. The minimum absolute atomic E-state index is 0.196. The van der Waals surface area contributed by atoms with Crippen LogP contribution in [0.3, 0.4) is 0 Å². The fourth-order valence-corrected chi connectivity index (χ4v) is 4.77. The summed E-state index contributed by atoms with van der Waals surface area (Å²) in [4.78, 5) is 0. The van der Waals surface area contributed by atoms with Crippen molar-refractivity contribution < 1.29 is 20.4 Å². The second-order valence-corrected chi connectivity index (χ2v) is 12.3. The first-order chi connectivity index (χ1) is 14.8. The van der Waals surface area contributed by atoms with E-state index in [9.17, 15) is 20.4 Å². The van der Waals surface area contributed by atoms with Crippen molar-refractivity contribution in [3.63, 3.8) is 0 Å². The molecule has 0 amide bonds. The molecule has 0 atom stereocenters. The number of aryl methyl sites for hydroxylation is 2. The van der Waals surface area contributed by atoms with Gasteiger partial charge in [-0.2, -0.15) is 0 Å². The number of hydrogen-bond donors (Lipinski definition) is 4. The Morgan fingerprint density at radius 1 is 0.636 bits per heavy atom. The summed E-state index contributed by atoms with van der Waals surface area (Å²) in [5.41, 5.74) is 5.97. The van der Waals surface area contributed by atoms with Crippen molar-refractivity contribution in [2.45, 2.75) is 106 Å². The fraction of sp³-hybridized carbons (Fsp3) is 0.586. The Kier molecular flexibility index (Phi) is 7.39. The van der Waals surface area contributed by atoms with Crippen LogP contribution in [0.4, 0.5) is 0 Å². The van der Waals surface area contributed by atoms with Crippen LogP contribution < -0.4 is 0 Å². The largest absolute Gasteiger partial charge is 0.507 e. The van der Waals surface area contributed by atoms with Gasteiger partial charge in [-0.15, -0.1) is 0 Å². The van der Waals surface area contributed by atoms with Crippen molar-refractivity contribution in [3.8, 4) is 11.5 Å². The molecule has 4 heteroatoms. The van der Waals surface area contributed by atoms with Gasteiger partial charge in [-0.25, -0.2) is 0 Å². The van der Waals surface area contributed by atoms with Crippen LogP contribution >= 0.6 is 0 Å². The highest BCUT2D eigenvalue weighted by molar-refractivity contribution is 5.53. The Labute approximate surface area is 200 Å². The topological polar surface area (TPSA) is 80.9 Å². The number of phenols is 2. The number of rotatable bonds is 5. The zero-order chi connectivity index (χ0) is 25.7. The van der Waals surface area contributed by atoms with Crippen molar-refractivity contribution in [1.82, 2.24) is 0 Å². The van der Waals surface area contributed by atoms with Crippen LogP contribution in [-0.4, -0.2) is 26.7 Å². The molecule has 0 aliphatic heterocycles. The van der Waals surface area contributed by atoms with Gasteiger partial charge in [0, 0.05) is 5.41 Å². The molecule has 184 valence electrons. The summed E-state index contributed by atoms with van der Waals surface area (Å²) >= 11 is 0. The van der Waals surface area contributed by atoms with Crippen molar-refractivity contribution in [3.05, 3.63) is 56.6 Å². The van der Waals surface area contributed by atoms with Crippen LogP contribution in [0.2, 0.25) is 0 Å². The lowest BCUT2D eigenvalue weighted by atomic mass is 9.72. The minimum Gasteiger partial charge on any atom is -0.507 e. The molecule has 0 bridgehead atoms. The number of aromatic hydroxyl groups is 2. The van der Waals surface area contributed by atoms with Gasteiger partial charge in [0.05, 0.1) is 0 Å². The highest BCUT2D eigenvalue weighted by atomic mass is 16.5. The molecule has 4 N–H and O–H groups in total. The molecule has 0 saturated carbocycles. The lowest BCUT2D eigenvalue weighted by molar-refractivity contribution is -0.128. The Morgan fingerprint density at radius 2 is 0.939 bits per heavy atom. The summed E-state index contributed by atoms with van der Waals surface area (Å²) in [5.74, 6) is 0.551. The molecule has 2 rings (SSSR count). The molecule has 0 radical (unpaired) electrons. The summed E-state index contributed by atoms with van der Waals surface area (Å²) in [5, 5.41) is 42.9. The number of hydrogen-bond acceptors (Lipinski definition) is 4. The highest BCUT2D eigenvalue weighted by Gasteiger charge is 2.36. The Hall–Kier alpha value is -2.04. The van der Waals surface area contributed by atoms with Crippen LogP contribution in [-0.2, 0) is 23.7 Å². The molecular weight excluding hydrogens is 412 g/mol. The van der Waals surface area contributed by atoms with E-state index in [4.69, 9.17) is 0 Å². The van der Waals surface area contributed by atoms with Crippen molar-refractivity contribution in [2.75, 3.05) is 0 Å². The molecule has 0 aliphatic carbocycles. The zero-order valence-corrected chi connectivity index (χ0v) is 22.4. The number of aliphatic hydroxyl groups excluding tert-OH is 1. The van der Waals surface area contributed by atoms with E-state index in [0.717, 1.165) is 44.5 Å². The quantitative estimate of drug-likeness (QED) is 0.414. The normalized spacial score (nSPS) is 13.2. The molecule has 0 heterocycles. The summed E-state index contributed by atoms with van der Waals surface area (Å²) in [6, 6.07) is 4.03. The molecule has 0 unspecified atom stereocenters. The first kappa shape index (κ1) is 27.2. The molecule has 0 aromatic heterocycles. The second-order valence-electron chi connectivity index (χ2n) is 12.3. The summed E-state index contributed by atoms with van der Waals surface area (Å²) in [6.07, 6.45) is -0.786. The molecule has 0 saturated heterocycles. The third kappa shape index (κ3) is 5.38. The van der Waals surface area contributed by atoms with E-state index in [1.807, 2.05) is 46.8 Å². The maximum atomic E-state index is 10.9. The molecule has 0 spiro atoms. The van der Waals surface area contributed by atoms with Crippen LogP contribution in [0, 0.1) is 33.1 Å². The van der Waals surface area contributed by atoms with Gasteiger partial charge in [0.2, 0.25) is 0 Å². The van der Waals surface area contributed by atoms with Crippen molar-refractivity contribution in [2.24, 2.45) is 5.41 Å². The lowest BCUT2D eigenvalue weighted by Gasteiger charge is -2.35. The highest BCUT2D eigenvalue weighted by Crippen LogP contribution is 2.42. The van der Waals surface area contributed by atoms with Gasteiger partial charge in [0.25, 0.3) is 0 Å². The van der Waals surface area contributed by atoms with Gasteiger partial charge in [0.1, 0.15) is 11.5 Å². The predicted molar refractivity (Wildman–Crippen MR) is 136 cm³/mol. The van der Waals surface area contributed by atoms with Crippen LogP contribution in [0.25, 0.3) is 0 Å². The summed E-state index contributed by atoms with van der Waals surface area (Å²) in [6.45, 7) is 22.1. The summed E-state index contributed by atoms with van der Waals surface area (Å²) < 4.78 is 0. The molecule has 33 heavy (non-hydrogen) atoms. The van der Waals surface area contributed by atoms with E-state index in [2.05, 4.69) is 41.5 Å². The van der Waals surface area contributed by atoms with Gasteiger partial charge >= 0.3 is 0 Å². The average Bonchev–Trinajstić information content (AvgIpc) is 2.66. The Morgan fingerprint density at radius 3 is 1.18 bits per heavy atom. The Balaban J connectivity index is 2.59. The van der Waals surface area contributed by atoms with E-state index in [0.29, 0.717) is 12.8 Å². The van der Waals surface area contributed by atoms with Gasteiger partial charge in [-0.3, -0.25) is 0 Å². The number of phenolic OH excluding ortho intramolecular Hbond substituents is 2. The minimum atomic E-state index is -1.57. The van der Waals surface area contributed by atoms with E-state index in [1.54, 1.807) is 0 Å². The van der Waals surface area contributed by atoms with Gasteiger partial charge in [0.15, 0.2) is 6.29 Å². The summed E-state index contributed by atoms with van der Waals surface area (Å²) in [7, 11) is 0.